The summed E-state index contributed by atoms with van der Waals surface area (Å²) in [6.07, 6.45) is -1.89. The van der Waals surface area contributed by atoms with Crippen LogP contribution in [0.25, 0.3) is 11.4 Å². The Balaban J connectivity index is 1.70. The smallest absolute Gasteiger partial charge is 0.330 e. The fraction of sp³-hybridized carbons (Fsp3) is 0.182. The number of amides is 2. The van der Waals surface area contributed by atoms with Crippen LogP contribution in [0.3, 0.4) is 0 Å². The van der Waals surface area contributed by atoms with Crippen molar-refractivity contribution in [3.63, 3.8) is 0 Å². The molecule has 31 heavy (non-hydrogen) atoms. The zero-order valence-electron chi connectivity index (χ0n) is 16.6. The van der Waals surface area contributed by atoms with Gasteiger partial charge in [-0.25, -0.2) is 9.97 Å². The number of hydrogen-bond donors (Lipinski definition) is 1. The van der Waals surface area contributed by atoms with E-state index in [1.54, 1.807) is 6.92 Å². The van der Waals surface area contributed by atoms with Crippen LogP contribution in [0.4, 0.5) is 18.9 Å². The molecule has 0 unspecified atom stereocenters. The Morgan fingerprint density at radius 3 is 2.19 bits per heavy atom. The third kappa shape index (κ3) is 5.44. The zero-order chi connectivity index (χ0) is 22.4. The average molecular weight is 428 g/mol. The van der Waals surface area contributed by atoms with Crippen molar-refractivity contribution in [1.29, 1.82) is 0 Å². The minimum atomic E-state index is -4.61. The number of halogens is 3. The van der Waals surface area contributed by atoms with Crippen LogP contribution >= 0.6 is 0 Å². The Bertz CT molecular complexity index is 1050. The summed E-state index contributed by atoms with van der Waals surface area (Å²) in [5.41, 5.74) is -0.358. The van der Waals surface area contributed by atoms with E-state index in [1.807, 2.05) is 30.3 Å². The lowest BCUT2D eigenvalue weighted by atomic mass is 10.1. The number of para-hydroxylation sites is 1. The highest BCUT2D eigenvalue weighted by molar-refractivity contribution is 5.99. The molecule has 1 heterocycles. The number of carbonyl (C=O) groups is 2. The van der Waals surface area contributed by atoms with E-state index < -0.39 is 30.1 Å². The predicted octanol–water partition coefficient (Wildman–Crippen LogP) is 4.26. The van der Waals surface area contributed by atoms with Crippen LogP contribution in [0.1, 0.15) is 22.8 Å². The second-order valence-corrected chi connectivity index (χ2v) is 6.57. The number of nitrogens with zero attached hydrogens (tertiary/aromatic N) is 3. The Morgan fingerprint density at radius 2 is 1.58 bits per heavy atom. The van der Waals surface area contributed by atoms with Crippen LogP contribution in [0.15, 0.2) is 67.0 Å². The highest BCUT2D eigenvalue weighted by atomic mass is 19.4. The van der Waals surface area contributed by atoms with Gasteiger partial charge in [0.15, 0.2) is 5.82 Å². The van der Waals surface area contributed by atoms with E-state index in [0.717, 1.165) is 17.7 Å². The first kappa shape index (κ1) is 21.9. The Morgan fingerprint density at radius 1 is 0.968 bits per heavy atom. The number of hydrogen-bond acceptors (Lipinski definition) is 4. The lowest BCUT2D eigenvalue weighted by molar-refractivity contribution is -0.137. The molecule has 3 rings (SSSR count). The third-order valence-corrected chi connectivity index (χ3v) is 4.44. The van der Waals surface area contributed by atoms with Crippen LogP contribution in [-0.4, -0.2) is 39.8 Å². The van der Waals surface area contributed by atoms with Crippen LogP contribution in [0.5, 0.6) is 0 Å². The number of alkyl halides is 3. The summed E-state index contributed by atoms with van der Waals surface area (Å²) >= 11 is 0. The Labute approximate surface area is 176 Å². The molecule has 0 aliphatic heterocycles. The molecule has 160 valence electrons. The second-order valence-electron chi connectivity index (χ2n) is 6.57. The molecule has 0 saturated carbocycles. The molecule has 6 nitrogen and oxygen atoms in total. The molecule has 0 aliphatic rings. The number of anilines is 1. The van der Waals surface area contributed by atoms with Crippen molar-refractivity contribution in [2.75, 3.05) is 18.4 Å². The van der Waals surface area contributed by atoms with Gasteiger partial charge < -0.3 is 10.2 Å². The summed E-state index contributed by atoms with van der Waals surface area (Å²) in [6, 6.07) is 13.9. The van der Waals surface area contributed by atoms with E-state index in [0.29, 0.717) is 5.82 Å². The molecule has 0 atom stereocenters. The van der Waals surface area contributed by atoms with Crippen molar-refractivity contribution in [2.45, 2.75) is 13.1 Å². The fourth-order valence-corrected chi connectivity index (χ4v) is 2.89. The highest BCUT2D eigenvalue weighted by Gasteiger charge is 2.33. The maximum Gasteiger partial charge on any atom is 0.418 e. The van der Waals surface area contributed by atoms with Gasteiger partial charge in [-0.2, -0.15) is 13.2 Å². The topological polar surface area (TPSA) is 75.2 Å². The zero-order valence-corrected chi connectivity index (χ0v) is 16.6. The molecule has 0 bridgehead atoms. The van der Waals surface area contributed by atoms with Crippen molar-refractivity contribution in [3.05, 3.63) is 78.1 Å². The fourth-order valence-electron chi connectivity index (χ4n) is 2.89. The molecular formula is C22H19F3N4O2. The van der Waals surface area contributed by atoms with Gasteiger partial charge in [0.1, 0.15) is 6.54 Å². The summed E-state index contributed by atoms with van der Waals surface area (Å²) in [4.78, 5) is 34.6. The van der Waals surface area contributed by atoms with E-state index in [4.69, 9.17) is 0 Å². The van der Waals surface area contributed by atoms with Gasteiger partial charge in [0.25, 0.3) is 5.91 Å². The largest absolute Gasteiger partial charge is 0.418 e. The molecule has 2 amide bonds. The van der Waals surface area contributed by atoms with Gasteiger partial charge in [-0.3, -0.25) is 9.59 Å². The van der Waals surface area contributed by atoms with Crippen molar-refractivity contribution in [2.24, 2.45) is 0 Å². The maximum atomic E-state index is 13.1. The molecule has 3 aromatic rings. The van der Waals surface area contributed by atoms with Crippen LogP contribution in [0.2, 0.25) is 0 Å². The summed E-state index contributed by atoms with van der Waals surface area (Å²) in [5.74, 6) is -0.795. The van der Waals surface area contributed by atoms with Crippen molar-refractivity contribution < 1.29 is 22.8 Å². The SMILES string of the molecule is CCN(CC(=O)Nc1ccccc1C(F)(F)F)C(=O)c1cnc(-c2ccccc2)nc1. The highest BCUT2D eigenvalue weighted by Crippen LogP contribution is 2.34. The Kier molecular flexibility index (Phi) is 6.64. The summed E-state index contributed by atoms with van der Waals surface area (Å²) < 4.78 is 39.3. The molecule has 0 saturated heterocycles. The van der Waals surface area contributed by atoms with Gasteiger partial charge in [-0.15, -0.1) is 0 Å². The number of likely N-dealkylation sites (N-methyl/N-ethyl adjacent to an activating group) is 1. The number of carbonyl (C=O) groups excluding carboxylic acids is 2. The summed E-state index contributed by atoms with van der Waals surface area (Å²) in [7, 11) is 0. The van der Waals surface area contributed by atoms with Gasteiger partial charge in [0, 0.05) is 24.5 Å². The monoisotopic (exact) mass is 428 g/mol. The molecule has 0 radical (unpaired) electrons. The third-order valence-electron chi connectivity index (χ3n) is 4.44. The second kappa shape index (κ2) is 9.38. The minimum absolute atomic E-state index is 0.171. The number of rotatable bonds is 6. The van der Waals surface area contributed by atoms with E-state index in [-0.39, 0.29) is 17.8 Å². The predicted molar refractivity (Wildman–Crippen MR) is 109 cm³/mol. The number of benzene rings is 2. The van der Waals surface area contributed by atoms with Crippen molar-refractivity contribution in [3.8, 4) is 11.4 Å². The summed E-state index contributed by atoms with van der Waals surface area (Å²) in [6.45, 7) is 1.42. The van der Waals surface area contributed by atoms with E-state index in [2.05, 4.69) is 15.3 Å². The van der Waals surface area contributed by atoms with E-state index >= 15 is 0 Å². The lowest BCUT2D eigenvalue weighted by Crippen LogP contribution is -2.38. The number of nitrogens with one attached hydrogen (secondary N) is 1. The molecule has 1 N–H and O–H groups in total. The molecule has 2 aromatic carbocycles. The molecule has 0 spiro atoms. The van der Waals surface area contributed by atoms with Crippen LogP contribution in [0, 0.1) is 0 Å². The van der Waals surface area contributed by atoms with Crippen LogP contribution in [-0.2, 0) is 11.0 Å². The first-order chi connectivity index (χ1) is 14.8. The first-order valence-corrected chi connectivity index (χ1v) is 9.42. The van der Waals surface area contributed by atoms with Gasteiger partial charge in [0.05, 0.1) is 16.8 Å². The minimum Gasteiger partial charge on any atom is -0.330 e. The number of aromatic nitrogens is 2. The molecule has 1 aromatic heterocycles. The Hall–Kier alpha value is -3.75. The van der Waals surface area contributed by atoms with Gasteiger partial charge in [-0.05, 0) is 19.1 Å². The molecule has 0 fully saturated rings. The molecule has 9 heteroatoms. The molecular weight excluding hydrogens is 409 g/mol. The quantitative estimate of drug-likeness (QED) is 0.637. The van der Waals surface area contributed by atoms with Crippen molar-refractivity contribution in [1.82, 2.24) is 14.9 Å². The van der Waals surface area contributed by atoms with Gasteiger partial charge in [-0.1, -0.05) is 42.5 Å². The molecule has 0 aliphatic carbocycles. The van der Waals surface area contributed by atoms with Gasteiger partial charge >= 0.3 is 6.18 Å². The normalized spacial score (nSPS) is 11.1. The maximum absolute atomic E-state index is 13.1. The van der Waals surface area contributed by atoms with E-state index in [9.17, 15) is 22.8 Å². The first-order valence-electron chi connectivity index (χ1n) is 9.42. The summed E-state index contributed by atoms with van der Waals surface area (Å²) in [5, 5.41) is 2.23. The van der Waals surface area contributed by atoms with E-state index in [1.165, 1.54) is 29.4 Å². The van der Waals surface area contributed by atoms with Crippen LogP contribution < -0.4 is 5.32 Å². The standard InChI is InChI=1S/C22H19F3N4O2/c1-2-29(14-19(30)28-18-11-7-6-10-17(18)22(23,24)25)21(31)16-12-26-20(27-13-16)15-8-4-3-5-9-15/h3-13H,2,14H2,1H3,(H,28,30). The van der Waals surface area contributed by atoms with Gasteiger partial charge in [0.2, 0.25) is 5.91 Å². The van der Waals surface area contributed by atoms with Crippen molar-refractivity contribution >= 4 is 17.5 Å². The lowest BCUT2D eigenvalue weighted by Gasteiger charge is -2.21. The average Bonchev–Trinajstić information content (AvgIpc) is 2.77.